The predicted octanol–water partition coefficient (Wildman–Crippen LogP) is 2.34. The summed E-state index contributed by atoms with van der Waals surface area (Å²) in [5.41, 5.74) is 0.830. The largest absolute Gasteiger partial charge is 0.351 e. The van der Waals surface area contributed by atoms with Crippen LogP contribution in [0.1, 0.15) is 39.7 Å². The van der Waals surface area contributed by atoms with Gasteiger partial charge in [-0.3, -0.25) is 9.59 Å². The van der Waals surface area contributed by atoms with E-state index in [1.54, 1.807) is 4.90 Å². The number of hydrogen-bond donors (Lipinski definition) is 1. The monoisotopic (exact) mass is 276 g/mol. The van der Waals surface area contributed by atoms with Crippen LogP contribution < -0.4 is 5.32 Å². The summed E-state index contributed by atoms with van der Waals surface area (Å²) in [5, 5.41) is 2.90. The third-order valence-electron chi connectivity index (χ3n) is 2.78. The lowest BCUT2D eigenvalue weighted by molar-refractivity contribution is -0.130. The van der Waals surface area contributed by atoms with E-state index in [1.807, 2.05) is 51.1 Å². The van der Waals surface area contributed by atoms with Crippen LogP contribution in [0.4, 0.5) is 0 Å². The minimum atomic E-state index is -0.239. The molecule has 0 aromatic heterocycles. The summed E-state index contributed by atoms with van der Waals surface area (Å²) in [6, 6.07) is 9.79. The molecule has 110 valence electrons. The summed E-state index contributed by atoms with van der Waals surface area (Å²) >= 11 is 0. The lowest BCUT2D eigenvalue weighted by Crippen LogP contribution is -2.42. The average molecular weight is 276 g/mol. The van der Waals surface area contributed by atoms with E-state index in [4.69, 9.17) is 0 Å². The quantitative estimate of drug-likeness (QED) is 0.897. The van der Waals surface area contributed by atoms with Crippen molar-refractivity contribution in [2.24, 2.45) is 0 Å². The van der Waals surface area contributed by atoms with Crippen LogP contribution in [0.15, 0.2) is 30.3 Å². The molecule has 0 aliphatic carbocycles. The van der Waals surface area contributed by atoms with E-state index in [0.29, 0.717) is 19.5 Å². The second kappa shape index (κ2) is 7.08. The summed E-state index contributed by atoms with van der Waals surface area (Å²) in [5.74, 6) is -0.0470. The van der Waals surface area contributed by atoms with Crippen molar-refractivity contribution in [1.29, 1.82) is 0 Å². The van der Waals surface area contributed by atoms with Crippen molar-refractivity contribution < 1.29 is 9.59 Å². The first-order valence-corrected chi connectivity index (χ1v) is 6.88. The Morgan fingerprint density at radius 2 is 1.75 bits per heavy atom. The lowest BCUT2D eigenvalue weighted by atomic mass is 10.1. The Hall–Kier alpha value is -1.84. The molecule has 1 N–H and O–H groups in total. The van der Waals surface area contributed by atoms with Gasteiger partial charge in [0.15, 0.2) is 0 Å². The highest BCUT2D eigenvalue weighted by atomic mass is 16.2. The van der Waals surface area contributed by atoms with Gasteiger partial charge in [-0.2, -0.15) is 0 Å². The molecule has 2 amide bonds. The molecule has 20 heavy (non-hydrogen) atoms. The van der Waals surface area contributed by atoms with Crippen molar-refractivity contribution in [3.63, 3.8) is 0 Å². The molecule has 1 aromatic rings. The number of benzene rings is 1. The number of hydrogen-bond acceptors (Lipinski definition) is 2. The number of carbonyl (C=O) groups excluding carboxylic acids is 2. The number of nitrogens with zero attached hydrogens (tertiary/aromatic N) is 1. The highest BCUT2D eigenvalue weighted by Crippen LogP contribution is 2.06. The zero-order valence-corrected chi connectivity index (χ0v) is 12.8. The predicted molar refractivity (Wildman–Crippen MR) is 80.0 cm³/mol. The zero-order chi connectivity index (χ0) is 15.2. The highest BCUT2D eigenvalue weighted by Gasteiger charge is 2.16. The smallest absolute Gasteiger partial charge is 0.222 e. The first-order chi connectivity index (χ1) is 9.28. The molecule has 0 spiro atoms. The van der Waals surface area contributed by atoms with Gasteiger partial charge in [0.05, 0.1) is 0 Å². The van der Waals surface area contributed by atoms with E-state index < -0.39 is 0 Å². The van der Waals surface area contributed by atoms with E-state index in [9.17, 15) is 9.59 Å². The first-order valence-electron chi connectivity index (χ1n) is 6.88. The van der Waals surface area contributed by atoms with Gasteiger partial charge in [0, 0.05) is 32.0 Å². The van der Waals surface area contributed by atoms with Gasteiger partial charge in [-0.1, -0.05) is 30.3 Å². The molecule has 0 fully saturated rings. The van der Waals surface area contributed by atoms with Gasteiger partial charge in [-0.15, -0.1) is 0 Å². The lowest BCUT2D eigenvalue weighted by Gasteiger charge is -2.24. The number of carbonyl (C=O) groups is 2. The first kappa shape index (κ1) is 16.2. The number of nitrogens with one attached hydrogen (secondary N) is 1. The maximum absolute atomic E-state index is 11.8. The molecule has 0 aliphatic heterocycles. The fraction of sp³-hybridized carbons (Fsp3) is 0.500. The molecule has 0 unspecified atom stereocenters. The van der Waals surface area contributed by atoms with Crippen molar-refractivity contribution in [2.45, 2.75) is 46.2 Å². The normalized spacial score (nSPS) is 11.0. The average Bonchev–Trinajstić information content (AvgIpc) is 2.33. The number of rotatable bonds is 5. The molecule has 0 saturated carbocycles. The van der Waals surface area contributed by atoms with Crippen LogP contribution in [-0.4, -0.2) is 28.8 Å². The minimum Gasteiger partial charge on any atom is -0.351 e. The van der Waals surface area contributed by atoms with E-state index in [2.05, 4.69) is 5.32 Å². The van der Waals surface area contributed by atoms with Gasteiger partial charge in [0.2, 0.25) is 11.8 Å². The van der Waals surface area contributed by atoms with E-state index in [0.717, 1.165) is 5.56 Å². The second-order valence-electron chi connectivity index (χ2n) is 5.97. The number of amides is 2. The maximum atomic E-state index is 11.8. The Morgan fingerprint density at radius 1 is 1.15 bits per heavy atom. The molecule has 1 rings (SSSR count). The summed E-state index contributed by atoms with van der Waals surface area (Å²) in [4.78, 5) is 25.1. The molecular formula is C16H24N2O2. The molecule has 0 radical (unpaired) electrons. The van der Waals surface area contributed by atoms with Crippen LogP contribution in [0.5, 0.6) is 0 Å². The van der Waals surface area contributed by atoms with Crippen molar-refractivity contribution in [1.82, 2.24) is 10.2 Å². The van der Waals surface area contributed by atoms with Crippen LogP contribution in [0.2, 0.25) is 0 Å². The molecule has 0 heterocycles. The van der Waals surface area contributed by atoms with Crippen LogP contribution in [0, 0.1) is 0 Å². The van der Waals surface area contributed by atoms with Crippen molar-refractivity contribution >= 4 is 11.8 Å². The van der Waals surface area contributed by atoms with Crippen LogP contribution >= 0.6 is 0 Å². The minimum absolute atomic E-state index is 0.0163. The van der Waals surface area contributed by atoms with Gasteiger partial charge < -0.3 is 10.2 Å². The molecule has 0 saturated heterocycles. The molecule has 0 aliphatic rings. The van der Waals surface area contributed by atoms with E-state index in [1.165, 1.54) is 6.92 Å². The zero-order valence-electron chi connectivity index (χ0n) is 12.8. The Bertz CT molecular complexity index is 449. The second-order valence-corrected chi connectivity index (χ2v) is 5.97. The standard InChI is InChI=1S/C16H24N2O2/c1-13(19)18(12-14-8-6-5-7-9-14)11-10-15(20)17-16(2,3)4/h5-9H,10-12H2,1-4H3,(H,17,20). The Morgan fingerprint density at radius 3 is 2.25 bits per heavy atom. The van der Waals surface area contributed by atoms with Crippen LogP contribution in [0.25, 0.3) is 0 Å². The molecule has 4 heteroatoms. The summed E-state index contributed by atoms with van der Waals surface area (Å²) < 4.78 is 0. The van der Waals surface area contributed by atoms with Gasteiger partial charge in [-0.05, 0) is 26.3 Å². The third kappa shape index (κ3) is 6.36. The van der Waals surface area contributed by atoms with Crippen molar-refractivity contribution in [2.75, 3.05) is 6.54 Å². The SMILES string of the molecule is CC(=O)N(CCC(=O)NC(C)(C)C)Cc1ccccc1. The summed E-state index contributed by atoms with van der Waals surface area (Å²) in [6.07, 6.45) is 0.323. The third-order valence-corrected chi connectivity index (χ3v) is 2.78. The highest BCUT2D eigenvalue weighted by molar-refractivity contribution is 5.78. The van der Waals surface area contributed by atoms with Gasteiger partial charge >= 0.3 is 0 Å². The topological polar surface area (TPSA) is 49.4 Å². The Balaban J connectivity index is 2.52. The maximum Gasteiger partial charge on any atom is 0.222 e. The van der Waals surface area contributed by atoms with Crippen LogP contribution in [0.3, 0.4) is 0 Å². The summed E-state index contributed by atoms with van der Waals surface area (Å²) in [7, 11) is 0. The van der Waals surface area contributed by atoms with E-state index in [-0.39, 0.29) is 17.4 Å². The molecule has 0 bridgehead atoms. The van der Waals surface area contributed by atoms with Crippen LogP contribution in [-0.2, 0) is 16.1 Å². The van der Waals surface area contributed by atoms with Gasteiger partial charge in [0.25, 0.3) is 0 Å². The molecular weight excluding hydrogens is 252 g/mol. The van der Waals surface area contributed by atoms with Crippen molar-refractivity contribution in [3.8, 4) is 0 Å². The molecule has 0 atom stereocenters. The Kier molecular flexibility index (Phi) is 5.74. The van der Waals surface area contributed by atoms with Crippen molar-refractivity contribution in [3.05, 3.63) is 35.9 Å². The fourth-order valence-electron chi connectivity index (χ4n) is 1.87. The van der Waals surface area contributed by atoms with Gasteiger partial charge in [0.1, 0.15) is 0 Å². The van der Waals surface area contributed by atoms with E-state index >= 15 is 0 Å². The summed E-state index contributed by atoms with van der Waals surface area (Å²) in [6.45, 7) is 8.34. The molecule has 4 nitrogen and oxygen atoms in total. The molecule has 1 aromatic carbocycles. The fourth-order valence-corrected chi connectivity index (χ4v) is 1.87. The van der Waals surface area contributed by atoms with Gasteiger partial charge in [-0.25, -0.2) is 0 Å². The Labute approximate surface area is 121 Å².